The van der Waals surface area contributed by atoms with E-state index in [1.54, 1.807) is 13.0 Å². The van der Waals surface area contributed by atoms with E-state index in [0.717, 1.165) is 24.3 Å². The standard InChI is InChI=1S/C30H20Cl3F6N3O3/c1-2-13(12-40)23(43)11-17-20(34)7-8-22(26(17)36)42-27(44)16-10-15(4-5-19(16)31)41-28(45)25-24(29(25,32)33)14-3-6-21(35)18(9-14)30(37,38)39/h3-10,13,24-25H,2,11H2,1H3,(H,41,45)(H,42,44)/t13?,24-,25+/m0/s1. The molecule has 1 fully saturated rings. The number of halogens is 9. The largest absolute Gasteiger partial charge is 0.419 e. The van der Waals surface area contributed by atoms with Crippen LogP contribution in [0.5, 0.6) is 0 Å². The van der Waals surface area contributed by atoms with Crippen LogP contribution in [0.1, 0.15) is 46.3 Å². The van der Waals surface area contributed by atoms with Crippen LogP contribution < -0.4 is 10.6 Å². The lowest BCUT2D eigenvalue weighted by Crippen LogP contribution is -2.19. The smallest absolute Gasteiger partial charge is 0.326 e. The lowest BCUT2D eigenvalue weighted by molar-refractivity contribution is -0.140. The maximum atomic E-state index is 15.2. The molecule has 0 aromatic heterocycles. The molecule has 4 rings (SSSR count). The van der Waals surface area contributed by atoms with Crippen LogP contribution in [-0.2, 0) is 22.2 Å². The van der Waals surface area contributed by atoms with Crippen molar-refractivity contribution in [2.45, 2.75) is 36.2 Å². The van der Waals surface area contributed by atoms with Crippen LogP contribution in [0.25, 0.3) is 0 Å². The molecule has 15 heteroatoms. The molecular weight excluding hydrogens is 671 g/mol. The van der Waals surface area contributed by atoms with Gasteiger partial charge in [-0.25, -0.2) is 13.2 Å². The molecule has 1 aliphatic rings. The molecule has 1 aliphatic carbocycles. The summed E-state index contributed by atoms with van der Waals surface area (Å²) in [4.78, 5) is 38.4. The molecule has 1 saturated carbocycles. The van der Waals surface area contributed by atoms with E-state index in [1.807, 2.05) is 0 Å². The minimum Gasteiger partial charge on any atom is -0.326 e. The fourth-order valence-electron chi connectivity index (χ4n) is 4.75. The molecule has 6 nitrogen and oxygen atoms in total. The molecule has 1 unspecified atom stereocenters. The SMILES string of the molecule is CCC(C#N)C(=O)Cc1c(F)ccc(NC(=O)c2cc(NC(=O)[C@H]3[C@H](c4ccc(F)c(C(F)(F)F)c4)C3(Cl)Cl)ccc2Cl)c1F. The maximum absolute atomic E-state index is 15.2. The molecule has 0 saturated heterocycles. The summed E-state index contributed by atoms with van der Waals surface area (Å²) in [6.45, 7) is 1.57. The van der Waals surface area contributed by atoms with E-state index in [4.69, 9.17) is 40.1 Å². The molecule has 0 aliphatic heterocycles. The van der Waals surface area contributed by atoms with Gasteiger partial charge in [-0.15, -0.1) is 23.2 Å². The van der Waals surface area contributed by atoms with Crippen molar-refractivity contribution >= 4 is 63.8 Å². The Labute approximate surface area is 267 Å². The second-order valence-electron chi connectivity index (χ2n) is 10.1. The summed E-state index contributed by atoms with van der Waals surface area (Å²) in [6, 6.07) is 9.30. The summed E-state index contributed by atoms with van der Waals surface area (Å²) < 4.78 is 81.1. The summed E-state index contributed by atoms with van der Waals surface area (Å²) >= 11 is 18.6. The molecule has 2 N–H and O–H groups in total. The third-order valence-corrected chi connectivity index (χ3v) is 8.48. The van der Waals surface area contributed by atoms with Crippen LogP contribution in [0.2, 0.25) is 5.02 Å². The normalized spacial score (nSPS) is 17.6. The number of nitrogens with zero attached hydrogens (tertiary/aromatic N) is 1. The number of Topliss-reactive ketones (excluding diaryl/α,β-unsaturated/α-hetero) is 1. The van der Waals surface area contributed by atoms with Crippen LogP contribution in [0, 0.1) is 40.6 Å². The van der Waals surface area contributed by atoms with E-state index in [1.165, 1.54) is 12.1 Å². The Morgan fingerprint density at radius 3 is 2.29 bits per heavy atom. The number of carbonyl (C=O) groups excluding carboxylic acids is 3. The summed E-state index contributed by atoms with van der Waals surface area (Å²) in [5.74, 6) is -9.78. The molecule has 0 heterocycles. The van der Waals surface area contributed by atoms with Gasteiger partial charge in [-0.2, -0.15) is 18.4 Å². The fraction of sp³-hybridized carbons (Fsp3) is 0.267. The number of hydrogen-bond acceptors (Lipinski definition) is 4. The first-order chi connectivity index (χ1) is 21.0. The Bertz CT molecular complexity index is 1740. The van der Waals surface area contributed by atoms with Crippen LogP contribution in [0.3, 0.4) is 0 Å². The number of benzene rings is 3. The number of hydrogen-bond donors (Lipinski definition) is 2. The number of ketones is 1. The van der Waals surface area contributed by atoms with Crippen molar-refractivity contribution in [2.75, 3.05) is 10.6 Å². The highest BCUT2D eigenvalue weighted by Crippen LogP contribution is 2.65. The zero-order valence-electron chi connectivity index (χ0n) is 22.8. The van der Waals surface area contributed by atoms with E-state index < -0.39 is 86.5 Å². The number of carbonyl (C=O) groups is 3. The van der Waals surface area contributed by atoms with Gasteiger partial charge in [0.15, 0.2) is 11.6 Å². The van der Waals surface area contributed by atoms with Gasteiger partial charge in [-0.1, -0.05) is 24.6 Å². The summed E-state index contributed by atoms with van der Waals surface area (Å²) in [7, 11) is 0. The van der Waals surface area contributed by atoms with Crippen molar-refractivity contribution in [3.63, 3.8) is 0 Å². The third-order valence-electron chi connectivity index (χ3n) is 7.21. The second-order valence-corrected chi connectivity index (χ2v) is 12.0. The summed E-state index contributed by atoms with van der Waals surface area (Å²) in [6.07, 6.45) is -5.58. The lowest BCUT2D eigenvalue weighted by Gasteiger charge is -2.13. The molecule has 236 valence electrons. The Morgan fingerprint density at radius 1 is 1.00 bits per heavy atom. The molecule has 2 amide bonds. The van der Waals surface area contributed by atoms with E-state index in [9.17, 15) is 36.3 Å². The molecule has 0 radical (unpaired) electrons. The van der Waals surface area contributed by atoms with Gasteiger partial charge in [0.2, 0.25) is 5.91 Å². The molecule has 3 aromatic rings. The molecule has 0 bridgehead atoms. The Balaban J connectivity index is 1.52. The van der Waals surface area contributed by atoms with Crippen molar-refractivity contribution in [1.29, 1.82) is 5.26 Å². The molecule has 3 aromatic carbocycles. The van der Waals surface area contributed by atoms with Crippen molar-refractivity contribution in [3.05, 3.63) is 93.3 Å². The predicted octanol–water partition coefficient (Wildman–Crippen LogP) is 8.22. The van der Waals surface area contributed by atoms with Crippen molar-refractivity contribution in [1.82, 2.24) is 0 Å². The van der Waals surface area contributed by atoms with Crippen LogP contribution in [0.15, 0.2) is 48.5 Å². The van der Waals surface area contributed by atoms with Crippen molar-refractivity contribution < 1.29 is 40.7 Å². The molecule has 0 spiro atoms. The van der Waals surface area contributed by atoms with Gasteiger partial charge < -0.3 is 10.6 Å². The average Bonchev–Trinajstić information content (AvgIpc) is 3.55. The van der Waals surface area contributed by atoms with Gasteiger partial charge >= 0.3 is 6.18 Å². The first-order valence-corrected chi connectivity index (χ1v) is 14.2. The summed E-state index contributed by atoms with van der Waals surface area (Å²) in [5.41, 5.74) is -3.10. The zero-order valence-corrected chi connectivity index (χ0v) is 25.1. The van der Waals surface area contributed by atoms with Gasteiger partial charge in [-0.05, 0) is 54.4 Å². The number of rotatable bonds is 9. The van der Waals surface area contributed by atoms with Crippen LogP contribution in [0.4, 0.5) is 37.7 Å². The number of amides is 2. The van der Waals surface area contributed by atoms with Gasteiger partial charge in [0.1, 0.15) is 21.9 Å². The van der Waals surface area contributed by atoms with Crippen LogP contribution in [-0.4, -0.2) is 21.9 Å². The highest BCUT2D eigenvalue weighted by atomic mass is 35.5. The van der Waals surface area contributed by atoms with E-state index in [0.29, 0.717) is 12.1 Å². The maximum Gasteiger partial charge on any atom is 0.419 e. The lowest BCUT2D eigenvalue weighted by atomic mass is 9.96. The Kier molecular flexibility index (Phi) is 9.78. The van der Waals surface area contributed by atoms with Crippen molar-refractivity contribution in [2.24, 2.45) is 11.8 Å². The monoisotopic (exact) mass is 689 g/mol. The van der Waals surface area contributed by atoms with Gasteiger partial charge in [0, 0.05) is 23.6 Å². The van der Waals surface area contributed by atoms with Crippen molar-refractivity contribution in [3.8, 4) is 6.07 Å². The molecular formula is C30H20Cl3F6N3O3. The quantitative estimate of drug-likeness (QED) is 0.175. The topological polar surface area (TPSA) is 99.1 Å². The highest BCUT2D eigenvalue weighted by Gasteiger charge is 2.67. The third kappa shape index (κ3) is 7.06. The minimum atomic E-state index is -5.00. The fourth-order valence-corrected chi connectivity index (χ4v) is 5.78. The minimum absolute atomic E-state index is 0.0209. The number of alkyl halides is 5. The zero-order chi connectivity index (χ0) is 33.4. The summed E-state index contributed by atoms with van der Waals surface area (Å²) in [5, 5.41) is 13.6. The number of anilines is 2. The van der Waals surface area contributed by atoms with Crippen LogP contribution >= 0.6 is 34.8 Å². The van der Waals surface area contributed by atoms with Gasteiger partial charge in [-0.3, -0.25) is 14.4 Å². The Hall–Kier alpha value is -3.79. The number of nitrogens with one attached hydrogen (secondary N) is 2. The average molecular weight is 691 g/mol. The highest BCUT2D eigenvalue weighted by molar-refractivity contribution is 6.53. The first kappa shape index (κ1) is 34.1. The van der Waals surface area contributed by atoms with E-state index in [-0.39, 0.29) is 28.3 Å². The van der Waals surface area contributed by atoms with Gasteiger partial charge in [0.05, 0.1) is 33.8 Å². The van der Waals surface area contributed by atoms with E-state index >= 15 is 4.39 Å². The van der Waals surface area contributed by atoms with Gasteiger partial charge in [0.25, 0.3) is 5.91 Å². The number of nitriles is 1. The molecule has 45 heavy (non-hydrogen) atoms. The Morgan fingerprint density at radius 2 is 1.67 bits per heavy atom. The predicted molar refractivity (Wildman–Crippen MR) is 155 cm³/mol. The first-order valence-electron chi connectivity index (χ1n) is 13.1. The van der Waals surface area contributed by atoms with E-state index in [2.05, 4.69) is 10.6 Å². The second kappa shape index (κ2) is 12.9. The molecule has 3 atom stereocenters.